The van der Waals surface area contributed by atoms with Crippen molar-refractivity contribution in [3.63, 3.8) is 0 Å². The monoisotopic (exact) mass is 354 g/mol. The molecule has 0 radical (unpaired) electrons. The average Bonchev–Trinajstić information content (AvgIpc) is 2.82. The van der Waals surface area contributed by atoms with Crippen LogP contribution < -0.4 is 5.32 Å². The number of rotatable bonds is 6. The number of ether oxygens (including phenoxy) is 1. The molecule has 5 heteroatoms. The Hall–Kier alpha value is -2.82. The Balaban J connectivity index is 2.45. The van der Waals surface area contributed by atoms with Gasteiger partial charge in [0, 0.05) is 17.9 Å². The van der Waals surface area contributed by atoms with Gasteiger partial charge in [0.25, 0.3) is 5.91 Å². The summed E-state index contributed by atoms with van der Waals surface area (Å²) in [5, 5.41) is 2.93. The Labute approximate surface area is 154 Å². The summed E-state index contributed by atoms with van der Waals surface area (Å²) in [6.07, 6.45) is 1.69. The van der Waals surface area contributed by atoms with Gasteiger partial charge >= 0.3 is 5.97 Å². The van der Waals surface area contributed by atoms with Crippen LogP contribution in [0.15, 0.2) is 30.9 Å². The molecule has 26 heavy (non-hydrogen) atoms. The molecule has 2 aromatic rings. The van der Waals surface area contributed by atoms with Gasteiger partial charge in [-0.1, -0.05) is 12.1 Å². The number of carbonyl (C=O) groups excluding carboxylic acids is 2. The van der Waals surface area contributed by atoms with E-state index in [0.717, 1.165) is 16.8 Å². The third-order valence-corrected chi connectivity index (χ3v) is 4.54. The molecule has 0 unspecified atom stereocenters. The topological polar surface area (TPSA) is 60.3 Å². The number of esters is 1. The molecular formula is C21H26N2O3. The van der Waals surface area contributed by atoms with Gasteiger partial charge in [-0.15, -0.1) is 6.58 Å². The molecular weight excluding hydrogens is 328 g/mol. The van der Waals surface area contributed by atoms with Crippen molar-refractivity contribution in [2.24, 2.45) is 0 Å². The molecule has 0 aliphatic rings. The smallest absolute Gasteiger partial charge is 0.355 e. The van der Waals surface area contributed by atoms with Crippen molar-refractivity contribution < 1.29 is 14.3 Å². The molecule has 0 fully saturated rings. The number of aryl methyl sites for hydroxylation is 2. The third kappa shape index (κ3) is 3.72. The van der Waals surface area contributed by atoms with E-state index in [1.807, 2.05) is 39.0 Å². The molecule has 2 rings (SSSR count). The molecule has 1 heterocycles. The Morgan fingerprint density at radius 1 is 1.19 bits per heavy atom. The summed E-state index contributed by atoms with van der Waals surface area (Å²) in [6, 6.07) is 5.78. The molecule has 0 bridgehead atoms. The number of aromatic nitrogens is 1. The summed E-state index contributed by atoms with van der Waals surface area (Å²) < 4.78 is 6.94. The fraction of sp³-hybridized carbons (Fsp3) is 0.333. The van der Waals surface area contributed by atoms with Crippen molar-refractivity contribution in [1.29, 1.82) is 0 Å². The van der Waals surface area contributed by atoms with Crippen LogP contribution in [0.5, 0.6) is 0 Å². The zero-order valence-corrected chi connectivity index (χ0v) is 16.1. The maximum atomic E-state index is 12.9. The van der Waals surface area contributed by atoms with E-state index in [2.05, 4.69) is 11.9 Å². The lowest BCUT2D eigenvalue weighted by Crippen LogP contribution is -2.14. The van der Waals surface area contributed by atoms with E-state index < -0.39 is 5.97 Å². The highest BCUT2D eigenvalue weighted by atomic mass is 16.5. The predicted octanol–water partition coefficient (Wildman–Crippen LogP) is 4.34. The van der Waals surface area contributed by atoms with E-state index in [9.17, 15) is 9.59 Å². The molecule has 1 N–H and O–H groups in total. The van der Waals surface area contributed by atoms with Crippen LogP contribution in [0.3, 0.4) is 0 Å². The van der Waals surface area contributed by atoms with Crippen LogP contribution in [0.1, 0.15) is 50.2 Å². The quantitative estimate of drug-likeness (QED) is 0.620. The molecule has 1 amide bonds. The second kappa shape index (κ2) is 8.04. The first-order chi connectivity index (χ1) is 12.3. The summed E-state index contributed by atoms with van der Waals surface area (Å²) in [4.78, 5) is 25.3. The number of anilines is 1. The van der Waals surface area contributed by atoms with E-state index in [1.165, 1.54) is 0 Å². The van der Waals surface area contributed by atoms with Crippen LogP contribution >= 0.6 is 0 Å². The van der Waals surface area contributed by atoms with E-state index in [0.29, 0.717) is 29.1 Å². The highest BCUT2D eigenvalue weighted by Gasteiger charge is 2.26. The van der Waals surface area contributed by atoms with Gasteiger partial charge in [-0.2, -0.15) is 0 Å². The number of amides is 1. The highest BCUT2D eigenvalue weighted by Crippen LogP contribution is 2.25. The number of allylic oxidation sites excluding steroid dienone is 1. The fourth-order valence-corrected chi connectivity index (χ4v) is 3.06. The Morgan fingerprint density at radius 3 is 2.46 bits per heavy atom. The summed E-state index contributed by atoms with van der Waals surface area (Å²) in [6.45, 7) is 13.8. The van der Waals surface area contributed by atoms with Crippen molar-refractivity contribution in [1.82, 2.24) is 4.57 Å². The van der Waals surface area contributed by atoms with Crippen molar-refractivity contribution in [3.8, 4) is 0 Å². The van der Waals surface area contributed by atoms with Gasteiger partial charge in [-0.05, 0) is 63.4 Å². The number of carbonyl (C=O) groups is 2. The van der Waals surface area contributed by atoms with Gasteiger partial charge in [-0.3, -0.25) is 4.79 Å². The molecule has 1 aromatic heterocycles. The first kappa shape index (κ1) is 19.5. The molecule has 0 atom stereocenters. The molecule has 5 nitrogen and oxygen atoms in total. The van der Waals surface area contributed by atoms with Crippen molar-refractivity contribution in [2.75, 3.05) is 11.9 Å². The number of benzene rings is 1. The average molecular weight is 354 g/mol. The summed E-state index contributed by atoms with van der Waals surface area (Å²) in [5.41, 5.74) is 5.22. The minimum atomic E-state index is -0.430. The van der Waals surface area contributed by atoms with Crippen LogP contribution in [0, 0.1) is 27.7 Å². The maximum Gasteiger partial charge on any atom is 0.355 e. The Kier molecular flexibility index (Phi) is 6.03. The molecule has 0 spiro atoms. The van der Waals surface area contributed by atoms with Gasteiger partial charge in [0.15, 0.2) is 0 Å². The molecule has 1 aromatic carbocycles. The van der Waals surface area contributed by atoms with Crippen molar-refractivity contribution >= 4 is 17.6 Å². The van der Waals surface area contributed by atoms with Gasteiger partial charge in [-0.25, -0.2) is 4.79 Å². The predicted molar refractivity (Wildman–Crippen MR) is 104 cm³/mol. The molecule has 0 saturated carbocycles. The number of nitrogens with one attached hydrogen (secondary N) is 1. The molecule has 0 saturated heterocycles. The Bertz CT molecular complexity index is 863. The van der Waals surface area contributed by atoms with Crippen molar-refractivity contribution in [3.05, 3.63) is 64.5 Å². The van der Waals surface area contributed by atoms with Crippen LogP contribution in [-0.2, 0) is 11.3 Å². The van der Waals surface area contributed by atoms with Crippen LogP contribution in [0.4, 0.5) is 5.69 Å². The summed E-state index contributed by atoms with van der Waals surface area (Å²) >= 11 is 0. The lowest BCUT2D eigenvalue weighted by Gasteiger charge is -2.09. The van der Waals surface area contributed by atoms with E-state index in [-0.39, 0.29) is 12.5 Å². The van der Waals surface area contributed by atoms with Gasteiger partial charge in [0.1, 0.15) is 5.69 Å². The van der Waals surface area contributed by atoms with Crippen LogP contribution in [0.2, 0.25) is 0 Å². The zero-order valence-electron chi connectivity index (χ0n) is 16.1. The first-order valence-electron chi connectivity index (χ1n) is 8.68. The van der Waals surface area contributed by atoms with Gasteiger partial charge < -0.3 is 14.6 Å². The highest BCUT2D eigenvalue weighted by molar-refractivity contribution is 6.08. The van der Waals surface area contributed by atoms with Crippen LogP contribution in [-0.4, -0.2) is 23.1 Å². The van der Waals surface area contributed by atoms with E-state index >= 15 is 0 Å². The lowest BCUT2D eigenvalue weighted by atomic mass is 10.1. The second-order valence-corrected chi connectivity index (χ2v) is 6.31. The third-order valence-electron chi connectivity index (χ3n) is 4.54. The SMILES string of the molecule is C=CCn1c(C)c(C(=O)Nc2ccc(C)c(C)c2)c(C)c1C(=O)OCC. The van der Waals surface area contributed by atoms with E-state index in [1.54, 1.807) is 24.5 Å². The minimum absolute atomic E-state index is 0.239. The normalized spacial score (nSPS) is 10.5. The van der Waals surface area contributed by atoms with Gasteiger partial charge in [0.2, 0.25) is 0 Å². The number of nitrogens with zero attached hydrogens (tertiary/aromatic N) is 1. The summed E-state index contributed by atoms with van der Waals surface area (Å²) in [7, 11) is 0. The minimum Gasteiger partial charge on any atom is -0.461 e. The van der Waals surface area contributed by atoms with E-state index in [4.69, 9.17) is 4.74 Å². The molecule has 0 aliphatic heterocycles. The van der Waals surface area contributed by atoms with Crippen molar-refractivity contribution in [2.45, 2.75) is 41.2 Å². The van der Waals surface area contributed by atoms with Gasteiger partial charge in [0.05, 0.1) is 12.2 Å². The molecule has 138 valence electrons. The zero-order chi connectivity index (χ0) is 19.4. The lowest BCUT2D eigenvalue weighted by molar-refractivity contribution is 0.0513. The maximum absolute atomic E-state index is 12.9. The number of hydrogen-bond donors (Lipinski definition) is 1. The van der Waals surface area contributed by atoms with Crippen LogP contribution in [0.25, 0.3) is 0 Å². The standard InChI is InChI=1S/C21H26N2O3/c1-7-11-23-16(6)18(15(5)19(23)21(25)26-8-2)20(24)22-17-10-9-13(3)14(4)12-17/h7,9-10,12H,1,8,11H2,2-6H3,(H,22,24). The summed E-state index contributed by atoms with van der Waals surface area (Å²) in [5.74, 6) is -0.670. The Morgan fingerprint density at radius 2 is 1.88 bits per heavy atom. The number of hydrogen-bond acceptors (Lipinski definition) is 3. The second-order valence-electron chi connectivity index (χ2n) is 6.31. The fourth-order valence-electron chi connectivity index (χ4n) is 3.06. The molecule has 0 aliphatic carbocycles. The largest absolute Gasteiger partial charge is 0.461 e. The first-order valence-corrected chi connectivity index (χ1v) is 8.68.